The Hall–Kier alpha value is -3.11. The third kappa shape index (κ3) is 4.60. The number of nitrogens with one attached hydrogen (secondary N) is 1. The Balaban J connectivity index is 1.60. The molecule has 2 aliphatic heterocycles. The van der Waals surface area contributed by atoms with E-state index in [9.17, 15) is 18.0 Å². The van der Waals surface area contributed by atoms with Gasteiger partial charge in [-0.2, -0.15) is 0 Å². The summed E-state index contributed by atoms with van der Waals surface area (Å²) in [6.45, 7) is 0.848. The van der Waals surface area contributed by atoms with Gasteiger partial charge in [-0.1, -0.05) is 12.1 Å². The number of nitrogens with zero attached hydrogens (tertiary/aromatic N) is 3. The fraction of sp³-hybridized carbons (Fsp3) is 0.417. The number of rotatable bonds is 7. The quantitative estimate of drug-likeness (QED) is 0.643. The largest absolute Gasteiger partial charge is 0.497 e. The van der Waals surface area contributed by atoms with E-state index < -0.39 is 10.0 Å². The van der Waals surface area contributed by atoms with Gasteiger partial charge in [0.25, 0.3) is 0 Å². The summed E-state index contributed by atoms with van der Waals surface area (Å²) in [6.07, 6.45) is 2.61. The van der Waals surface area contributed by atoms with Crippen LogP contribution in [0.15, 0.2) is 47.4 Å². The van der Waals surface area contributed by atoms with Gasteiger partial charge in [0.2, 0.25) is 21.8 Å². The van der Waals surface area contributed by atoms with Crippen LogP contribution in [0.1, 0.15) is 24.8 Å². The monoisotopic (exact) mass is 486 g/mol. The summed E-state index contributed by atoms with van der Waals surface area (Å²) in [4.78, 5) is 29.8. The topological polar surface area (TPSA) is 99.3 Å². The lowest BCUT2D eigenvalue weighted by molar-refractivity contribution is -0.125. The zero-order valence-electron chi connectivity index (χ0n) is 19.7. The predicted molar refractivity (Wildman–Crippen MR) is 129 cm³/mol. The number of anilines is 2. The van der Waals surface area contributed by atoms with Crippen molar-refractivity contribution in [2.45, 2.75) is 36.7 Å². The summed E-state index contributed by atoms with van der Waals surface area (Å²) in [7, 11) is 0.822. The first kappa shape index (κ1) is 24.0. The smallest absolute Gasteiger partial charge is 0.250 e. The van der Waals surface area contributed by atoms with Crippen molar-refractivity contribution in [3.8, 4) is 5.75 Å². The van der Waals surface area contributed by atoms with Crippen molar-refractivity contribution in [1.29, 1.82) is 0 Å². The number of hydrogen-bond donors (Lipinski definition) is 1. The maximum Gasteiger partial charge on any atom is 0.250 e. The van der Waals surface area contributed by atoms with Gasteiger partial charge in [-0.05, 0) is 55.2 Å². The summed E-state index contributed by atoms with van der Waals surface area (Å²) < 4.78 is 31.8. The number of amides is 2. The van der Waals surface area contributed by atoms with E-state index in [-0.39, 0.29) is 29.3 Å². The summed E-state index contributed by atoms with van der Waals surface area (Å²) in [5.74, 6) is 0.234. The van der Waals surface area contributed by atoms with Gasteiger partial charge in [0.1, 0.15) is 18.3 Å². The lowest BCUT2D eigenvalue weighted by Crippen LogP contribution is -2.57. The zero-order valence-corrected chi connectivity index (χ0v) is 20.5. The van der Waals surface area contributed by atoms with Gasteiger partial charge >= 0.3 is 0 Å². The molecule has 10 heteroatoms. The summed E-state index contributed by atoms with van der Waals surface area (Å²) in [6, 6.07) is 11.8. The van der Waals surface area contributed by atoms with Gasteiger partial charge in [0.15, 0.2) is 0 Å². The fourth-order valence-electron chi connectivity index (χ4n) is 4.42. The highest BCUT2D eigenvalue weighted by molar-refractivity contribution is 7.89. The minimum absolute atomic E-state index is 0.0863. The molecule has 2 aromatic rings. The number of carbonyl (C=O) groups is 2. The number of carbonyl (C=O) groups excluding carboxylic acids is 2. The molecule has 1 saturated heterocycles. The molecule has 4 rings (SSSR count). The maximum atomic E-state index is 13.4. The van der Waals surface area contributed by atoms with Crippen LogP contribution in [-0.2, 0) is 26.2 Å². The Morgan fingerprint density at radius 1 is 1.12 bits per heavy atom. The molecule has 2 amide bonds. The van der Waals surface area contributed by atoms with Crippen LogP contribution in [0, 0.1) is 0 Å². The first-order valence-corrected chi connectivity index (χ1v) is 12.7. The van der Waals surface area contributed by atoms with E-state index in [4.69, 9.17) is 4.74 Å². The second kappa shape index (κ2) is 9.63. The van der Waals surface area contributed by atoms with E-state index in [1.807, 2.05) is 29.2 Å². The van der Waals surface area contributed by atoms with Crippen LogP contribution in [0.3, 0.4) is 0 Å². The summed E-state index contributed by atoms with van der Waals surface area (Å²) >= 11 is 0. The van der Waals surface area contributed by atoms with Gasteiger partial charge in [-0.15, -0.1) is 0 Å². The molecule has 2 heterocycles. The highest BCUT2D eigenvalue weighted by atomic mass is 32.2. The van der Waals surface area contributed by atoms with Crippen LogP contribution in [-0.4, -0.2) is 64.9 Å². The Morgan fingerprint density at radius 3 is 2.53 bits per heavy atom. The highest BCUT2D eigenvalue weighted by Gasteiger charge is 2.40. The standard InChI is InChI=1S/C24H30N4O5S/c1-26(2)34(31,32)19-11-12-20-22(14-19)28(24(30)21-6-4-5-13-27(20)21)16-23(29)25-15-17-7-9-18(33-3)10-8-17/h7-12,14,21H,4-6,13,15-16H2,1-3H3,(H,25,29). The SMILES string of the molecule is COc1ccc(CNC(=O)CN2C(=O)C3CCCCN3c3ccc(S(=O)(=O)N(C)C)cc32)cc1. The van der Waals surface area contributed by atoms with Crippen LogP contribution in [0.25, 0.3) is 0 Å². The van der Waals surface area contributed by atoms with Crippen molar-refractivity contribution in [1.82, 2.24) is 9.62 Å². The van der Waals surface area contributed by atoms with Gasteiger partial charge < -0.3 is 15.0 Å². The van der Waals surface area contributed by atoms with Crippen molar-refractivity contribution >= 4 is 33.2 Å². The van der Waals surface area contributed by atoms with E-state index in [1.165, 1.54) is 25.1 Å². The average molecular weight is 487 g/mol. The number of sulfonamides is 1. The number of fused-ring (bicyclic) bond motifs is 3. The number of hydrogen-bond acceptors (Lipinski definition) is 6. The van der Waals surface area contributed by atoms with Crippen LogP contribution in [0.4, 0.5) is 11.4 Å². The molecule has 0 radical (unpaired) electrons. The molecule has 0 aromatic heterocycles. The van der Waals surface area contributed by atoms with Crippen LogP contribution >= 0.6 is 0 Å². The van der Waals surface area contributed by atoms with E-state index in [1.54, 1.807) is 19.2 Å². The van der Waals surface area contributed by atoms with Crippen molar-refractivity contribution < 1.29 is 22.7 Å². The van der Waals surface area contributed by atoms with E-state index >= 15 is 0 Å². The minimum Gasteiger partial charge on any atom is -0.497 e. The molecule has 1 fully saturated rings. The molecule has 0 saturated carbocycles. The predicted octanol–water partition coefficient (Wildman–Crippen LogP) is 1.97. The third-order valence-corrected chi connectivity index (χ3v) is 8.14. The van der Waals surface area contributed by atoms with Crippen LogP contribution in [0.2, 0.25) is 0 Å². The van der Waals surface area contributed by atoms with E-state index in [0.29, 0.717) is 18.7 Å². The first-order valence-electron chi connectivity index (χ1n) is 11.3. The molecular formula is C24H30N4O5S. The first-order chi connectivity index (χ1) is 16.2. The molecule has 1 N–H and O–H groups in total. The Labute approximate surface area is 200 Å². The number of benzene rings is 2. The molecular weight excluding hydrogens is 456 g/mol. The lowest BCUT2D eigenvalue weighted by atomic mass is 9.96. The molecule has 2 aromatic carbocycles. The molecule has 1 atom stereocenters. The molecule has 0 aliphatic carbocycles. The summed E-state index contributed by atoms with van der Waals surface area (Å²) in [5.41, 5.74) is 2.13. The third-order valence-electron chi connectivity index (χ3n) is 6.33. The van der Waals surface area contributed by atoms with Gasteiger partial charge in [0.05, 0.1) is 23.4 Å². The normalized spacial score (nSPS) is 17.9. The van der Waals surface area contributed by atoms with Crippen molar-refractivity contribution in [3.63, 3.8) is 0 Å². The number of methoxy groups -OCH3 is 1. The minimum atomic E-state index is -3.70. The van der Waals surface area contributed by atoms with Crippen LogP contribution < -0.4 is 19.9 Å². The zero-order chi connectivity index (χ0) is 24.5. The molecule has 0 bridgehead atoms. The lowest BCUT2D eigenvalue weighted by Gasteiger charge is -2.45. The van der Waals surface area contributed by atoms with Gasteiger partial charge in [-0.25, -0.2) is 12.7 Å². The van der Waals surface area contributed by atoms with E-state index in [0.717, 1.165) is 40.7 Å². The maximum absolute atomic E-state index is 13.4. The molecule has 0 spiro atoms. The van der Waals surface area contributed by atoms with Crippen molar-refractivity contribution in [2.24, 2.45) is 0 Å². The van der Waals surface area contributed by atoms with Crippen molar-refractivity contribution in [2.75, 3.05) is 44.1 Å². The molecule has 34 heavy (non-hydrogen) atoms. The summed E-state index contributed by atoms with van der Waals surface area (Å²) in [5, 5.41) is 2.86. The Morgan fingerprint density at radius 2 is 1.85 bits per heavy atom. The second-order valence-electron chi connectivity index (χ2n) is 8.69. The molecule has 2 aliphatic rings. The molecule has 182 valence electrons. The van der Waals surface area contributed by atoms with Gasteiger partial charge in [-0.3, -0.25) is 14.5 Å². The van der Waals surface area contributed by atoms with Crippen LogP contribution in [0.5, 0.6) is 5.75 Å². The molecule has 1 unspecified atom stereocenters. The number of ether oxygens (including phenoxy) is 1. The Kier molecular flexibility index (Phi) is 6.81. The fourth-order valence-corrected chi connectivity index (χ4v) is 5.34. The van der Waals surface area contributed by atoms with E-state index in [2.05, 4.69) is 5.32 Å². The van der Waals surface area contributed by atoms with Gasteiger partial charge in [0, 0.05) is 27.2 Å². The highest BCUT2D eigenvalue weighted by Crippen LogP contribution is 2.40. The average Bonchev–Trinajstić information content (AvgIpc) is 2.85. The Bertz CT molecular complexity index is 1180. The molecule has 9 nitrogen and oxygen atoms in total. The number of piperidine rings is 1. The van der Waals surface area contributed by atoms with Crippen molar-refractivity contribution in [3.05, 3.63) is 48.0 Å². The second-order valence-corrected chi connectivity index (χ2v) is 10.8.